The highest BCUT2D eigenvalue weighted by Gasteiger charge is 2.29. The van der Waals surface area contributed by atoms with Crippen LogP contribution in [0.5, 0.6) is 0 Å². The summed E-state index contributed by atoms with van der Waals surface area (Å²) in [4.78, 5) is 23.8. The van der Waals surface area contributed by atoms with E-state index in [1.165, 1.54) is 6.20 Å². The van der Waals surface area contributed by atoms with Crippen LogP contribution in [0.25, 0.3) is 0 Å². The van der Waals surface area contributed by atoms with E-state index in [-0.39, 0.29) is 22.8 Å². The van der Waals surface area contributed by atoms with Crippen LogP contribution in [-0.2, 0) is 26.8 Å². The first kappa shape index (κ1) is 26.3. The second-order valence-corrected chi connectivity index (χ2v) is 11.5. The summed E-state index contributed by atoms with van der Waals surface area (Å²) in [5, 5.41) is 0. The first-order valence-corrected chi connectivity index (χ1v) is 13.1. The number of hydrogen-bond donors (Lipinski definition) is 0. The molecule has 0 spiro atoms. The molecule has 3 rings (SSSR count). The molecule has 0 aliphatic heterocycles. The molecule has 0 aliphatic rings. The van der Waals surface area contributed by atoms with Gasteiger partial charge in [-0.3, -0.25) is 19.1 Å². The molecule has 0 saturated heterocycles. The normalized spacial score (nSPS) is 11.8. The topological polar surface area (TPSA) is 83.5 Å². The van der Waals surface area contributed by atoms with E-state index in [1.54, 1.807) is 29.2 Å². The molecule has 0 fully saturated rings. The summed E-state index contributed by atoms with van der Waals surface area (Å²) in [5.41, 5.74) is 3.63. The average Bonchev–Trinajstić information content (AvgIpc) is 2.81. The predicted molar refractivity (Wildman–Crippen MR) is 139 cm³/mol. The number of aryl methyl sites for hydroxylation is 2. The number of anilines is 1. The second kappa shape index (κ2) is 10.6. The Labute approximate surface area is 208 Å². The minimum Gasteiger partial charge on any atom is -0.336 e. The molecular weight excluding hydrogens is 460 g/mol. The average molecular weight is 495 g/mol. The van der Waals surface area contributed by atoms with Crippen LogP contribution >= 0.6 is 0 Å². The predicted octanol–water partition coefficient (Wildman–Crippen LogP) is 4.63. The molecule has 0 bridgehead atoms. The quantitative estimate of drug-likeness (QED) is 0.456. The van der Waals surface area contributed by atoms with Gasteiger partial charge in [0.25, 0.3) is 10.0 Å². The SMILES string of the molecule is CCN(Cc1cccc(C)n1)C(=O)CN(c1ccc(C)nc1)S(=O)(=O)c1ccc(C(C)(C)C)cc1. The maximum atomic E-state index is 13.7. The van der Waals surface area contributed by atoms with Gasteiger partial charge in [0.1, 0.15) is 6.54 Å². The fourth-order valence-corrected chi connectivity index (χ4v) is 5.06. The van der Waals surface area contributed by atoms with Crippen molar-refractivity contribution in [1.82, 2.24) is 14.9 Å². The van der Waals surface area contributed by atoms with Crippen molar-refractivity contribution in [2.24, 2.45) is 0 Å². The molecule has 1 amide bonds. The Morgan fingerprint density at radius 3 is 2.17 bits per heavy atom. The summed E-state index contributed by atoms with van der Waals surface area (Å²) in [6.45, 7) is 12.2. The standard InChI is InChI=1S/C27H34N4O3S/c1-7-30(18-23-10-8-9-21(3)29-23)26(32)19-31(24-14-11-20(2)28-17-24)35(33,34)25-15-12-22(13-16-25)27(4,5)6/h8-17H,7,18-19H2,1-6H3. The van der Waals surface area contributed by atoms with Crippen LogP contribution in [0.3, 0.4) is 0 Å². The summed E-state index contributed by atoms with van der Waals surface area (Å²) in [5.74, 6) is -0.314. The molecule has 186 valence electrons. The Morgan fingerprint density at radius 2 is 1.63 bits per heavy atom. The van der Waals surface area contributed by atoms with E-state index in [1.807, 2.05) is 51.1 Å². The van der Waals surface area contributed by atoms with E-state index in [0.717, 1.165) is 27.0 Å². The fourth-order valence-electron chi connectivity index (χ4n) is 3.66. The zero-order chi connectivity index (χ0) is 25.8. The Bertz CT molecular complexity index is 1270. The number of carbonyl (C=O) groups is 1. The minimum atomic E-state index is -4.02. The number of likely N-dealkylation sites (N-methyl/N-ethyl adjacent to an activating group) is 1. The Morgan fingerprint density at radius 1 is 0.943 bits per heavy atom. The van der Waals surface area contributed by atoms with Gasteiger partial charge in [0, 0.05) is 17.9 Å². The molecule has 7 nitrogen and oxygen atoms in total. The third-order valence-electron chi connectivity index (χ3n) is 5.80. The lowest BCUT2D eigenvalue weighted by molar-refractivity contribution is -0.130. The summed E-state index contributed by atoms with van der Waals surface area (Å²) in [6.07, 6.45) is 1.49. The van der Waals surface area contributed by atoms with E-state index < -0.39 is 10.0 Å². The Hall–Kier alpha value is -3.26. The van der Waals surface area contributed by atoms with Crippen molar-refractivity contribution in [1.29, 1.82) is 0 Å². The largest absolute Gasteiger partial charge is 0.336 e. The first-order valence-electron chi connectivity index (χ1n) is 11.7. The van der Waals surface area contributed by atoms with Crippen molar-refractivity contribution < 1.29 is 13.2 Å². The highest BCUT2D eigenvalue weighted by molar-refractivity contribution is 7.92. The molecule has 35 heavy (non-hydrogen) atoms. The van der Waals surface area contributed by atoms with Crippen molar-refractivity contribution in [3.05, 3.63) is 83.4 Å². The van der Waals surface area contributed by atoms with Gasteiger partial charge in [-0.2, -0.15) is 0 Å². The summed E-state index contributed by atoms with van der Waals surface area (Å²) >= 11 is 0. The summed E-state index contributed by atoms with van der Waals surface area (Å²) < 4.78 is 28.6. The van der Waals surface area contributed by atoms with Crippen molar-refractivity contribution >= 4 is 21.6 Å². The molecule has 8 heteroatoms. The molecule has 0 aliphatic carbocycles. The van der Waals surface area contributed by atoms with Crippen LogP contribution in [0.15, 0.2) is 65.7 Å². The van der Waals surface area contributed by atoms with Gasteiger partial charge < -0.3 is 4.90 Å². The number of sulfonamides is 1. The molecule has 2 aromatic heterocycles. The number of pyridine rings is 2. The number of amides is 1. The van der Waals surface area contributed by atoms with E-state index in [2.05, 4.69) is 30.7 Å². The van der Waals surface area contributed by atoms with Crippen molar-refractivity contribution in [2.45, 2.75) is 58.4 Å². The van der Waals surface area contributed by atoms with E-state index in [4.69, 9.17) is 0 Å². The van der Waals surface area contributed by atoms with Crippen LogP contribution < -0.4 is 4.31 Å². The maximum absolute atomic E-state index is 13.7. The lowest BCUT2D eigenvalue weighted by Crippen LogP contribution is -2.43. The third kappa shape index (κ3) is 6.45. The highest BCUT2D eigenvalue weighted by atomic mass is 32.2. The van der Waals surface area contributed by atoms with Gasteiger partial charge in [-0.25, -0.2) is 8.42 Å². The number of nitrogens with zero attached hydrogens (tertiary/aromatic N) is 4. The van der Waals surface area contributed by atoms with Crippen LogP contribution in [0, 0.1) is 13.8 Å². The number of carbonyl (C=O) groups excluding carboxylic acids is 1. The summed E-state index contributed by atoms with van der Waals surface area (Å²) in [7, 11) is -4.02. The molecule has 0 saturated carbocycles. The first-order chi connectivity index (χ1) is 16.4. The number of rotatable bonds is 8. The minimum absolute atomic E-state index is 0.107. The van der Waals surface area contributed by atoms with Crippen molar-refractivity contribution in [3.8, 4) is 0 Å². The maximum Gasteiger partial charge on any atom is 0.264 e. The van der Waals surface area contributed by atoms with Crippen molar-refractivity contribution in [2.75, 3.05) is 17.4 Å². The second-order valence-electron chi connectivity index (χ2n) is 9.62. The summed E-state index contributed by atoms with van der Waals surface area (Å²) in [6, 6.07) is 15.9. The molecule has 2 heterocycles. The molecule has 0 unspecified atom stereocenters. The van der Waals surface area contributed by atoms with Crippen LogP contribution in [0.2, 0.25) is 0 Å². The number of aromatic nitrogens is 2. The van der Waals surface area contributed by atoms with Gasteiger partial charge in [0.05, 0.1) is 29.0 Å². The van der Waals surface area contributed by atoms with Gasteiger partial charge in [-0.15, -0.1) is 0 Å². The van der Waals surface area contributed by atoms with Gasteiger partial charge in [-0.1, -0.05) is 39.0 Å². The zero-order valence-corrected chi connectivity index (χ0v) is 22.1. The number of hydrogen-bond acceptors (Lipinski definition) is 5. The number of benzene rings is 1. The van der Waals surface area contributed by atoms with Gasteiger partial charge >= 0.3 is 0 Å². The van der Waals surface area contributed by atoms with Crippen LogP contribution in [0.1, 0.15) is 50.3 Å². The molecular formula is C27H34N4O3S. The zero-order valence-electron chi connectivity index (χ0n) is 21.3. The molecule has 0 N–H and O–H groups in total. The fraction of sp³-hybridized carbons (Fsp3) is 0.370. The molecule has 1 aromatic carbocycles. The van der Waals surface area contributed by atoms with Crippen molar-refractivity contribution in [3.63, 3.8) is 0 Å². The highest BCUT2D eigenvalue weighted by Crippen LogP contribution is 2.27. The lowest BCUT2D eigenvalue weighted by Gasteiger charge is -2.28. The van der Waals surface area contributed by atoms with Gasteiger partial charge in [0.2, 0.25) is 5.91 Å². The Balaban J connectivity index is 1.95. The van der Waals surface area contributed by atoms with E-state index in [9.17, 15) is 13.2 Å². The smallest absolute Gasteiger partial charge is 0.264 e. The molecule has 3 aromatic rings. The van der Waals surface area contributed by atoms with Crippen LogP contribution in [-0.4, -0.2) is 42.3 Å². The third-order valence-corrected chi connectivity index (χ3v) is 7.59. The monoisotopic (exact) mass is 494 g/mol. The van der Waals surface area contributed by atoms with E-state index >= 15 is 0 Å². The molecule has 0 atom stereocenters. The van der Waals surface area contributed by atoms with Gasteiger partial charge in [-0.05, 0) is 68.1 Å². The Kier molecular flexibility index (Phi) is 7.95. The van der Waals surface area contributed by atoms with Crippen LogP contribution in [0.4, 0.5) is 5.69 Å². The van der Waals surface area contributed by atoms with E-state index in [0.29, 0.717) is 18.8 Å². The van der Waals surface area contributed by atoms with Gasteiger partial charge in [0.15, 0.2) is 0 Å². The lowest BCUT2D eigenvalue weighted by atomic mass is 9.87. The molecule has 0 radical (unpaired) electrons.